The monoisotopic (exact) mass is 442 g/mol. The van der Waals surface area contributed by atoms with Crippen LogP contribution in [0.5, 0.6) is 0 Å². The number of rotatable bonds is 6. The van der Waals surface area contributed by atoms with E-state index in [0.717, 1.165) is 40.9 Å². The lowest BCUT2D eigenvalue weighted by Gasteiger charge is -2.30. The van der Waals surface area contributed by atoms with Crippen molar-refractivity contribution in [3.8, 4) is 17.1 Å². The summed E-state index contributed by atoms with van der Waals surface area (Å²) in [6, 6.07) is 10.6. The molecule has 0 amide bonds. The van der Waals surface area contributed by atoms with Gasteiger partial charge in [0.05, 0.1) is 18.3 Å². The molecule has 0 aliphatic heterocycles. The van der Waals surface area contributed by atoms with E-state index in [2.05, 4.69) is 22.5 Å². The summed E-state index contributed by atoms with van der Waals surface area (Å²) >= 11 is 12.4. The molecule has 5 nitrogen and oxygen atoms in total. The van der Waals surface area contributed by atoms with Crippen molar-refractivity contribution in [1.29, 1.82) is 0 Å². The van der Waals surface area contributed by atoms with Gasteiger partial charge >= 0.3 is 0 Å². The average molecular weight is 443 g/mol. The van der Waals surface area contributed by atoms with Gasteiger partial charge in [0.15, 0.2) is 12.5 Å². The lowest BCUT2D eigenvalue weighted by molar-refractivity contribution is -0.947. The standard InChI is InChI=1S/C23H28ClN5S/c1-3-27(19-8-5-4-6-9-19)16-28-23(30)29(21-11-7-10-20(24)17(21)2)22(26-28)18-12-14-25-15-13-18/h7,10-15,19H,3-6,8-9,16H2,1-2H3/p+1. The van der Waals surface area contributed by atoms with Crippen molar-refractivity contribution in [2.45, 2.75) is 58.7 Å². The van der Waals surface area contributed by atoms with Gasteiger partial charge in [-0.1, -0.05) is 24.1 Å². The van der Waals surface area contributed by atoms with Gasteiger partial charge in [-0.15, -0.1) is 5.10 Å². The third-order valence-corrected chi connectivity index (χ3v) is 7.05. The predicted molar refractivity (Wildman–Crippen MR) is 124 cm³/mol. The minimum Gasteiger partial charge on any atom is -0.314 e. The molecule has 1 saturated carbocycles. The van der Waals surface area contributed by atoms with E-state index in [4.69, 9.17) is 28.9 Å². The summed E-state index contributed by atoms with van der Waals surface area (Å²) in [4.78, 5) is 5.72. The third-order valence-electron chi connectivity index (χ3n) is 6.25. The van der Waals surface area contributed by atoms with Crippen LogP contribution < -0.4 is 4.90 Å². The van der Waals surface area contributed by atoms with Crippen molar-refractivity contribution < 1.29 is 4.90 Å². The number of nitrogens with one attached hydrogen (secondary N) is 1. The summed E-state index contributed by atoms with van der Waals surface area (Å²) in [5.74, 6) is 0.826. The first-order chi connectivity index (χ1) is 14.6. The Morgan fingerprint density at radius 3 is 2.57 bits per heavy atom. The highest BCUT2D eigenvalue weighted by Gasteiger charge is 2.25. The van der Waals surface area contributed by atoms with E-state index in [1.807, 2.05) is 35.9 Å². The van der Waals surface area contributed by atoms with E-state index in [1.54, 1.807) is 17.3 Å². The van der Waals surface area contributed by atoms with E-state index in [-0.39, 0.29) is 0 Å². The van der Waals surface area contributed by atoms with Crippen LogP contribution in [0.3, 0.4) is 0 Å². The number of benzene rings is 1. The Morgan fingerprint density at radius 2 is 1.87 bits per heavy atom. The molecule has 30 heavy (non-hydrogen) atoms. The largest absolute Gasteiger partial charge is 0.314 e. The molecule has 1 aromatic carbocycles. The number of hydrogen-bond donors (Lipinski definition) is 1. The fourth-order valence-corrected chi connectivity index (χ4v) is 4.95. The van der Waals surface area contributed by atoms with Crippen molar-refractivity contribution in [3.05, 3.63) is 58.1 Å². The van der Waals surface area contributed by atoms with Gasteiger partial charge in [0.25, 0.3) is 0 Å². The SMILES string of the molecule is CC[NH+](Cn1nc(-c2ccncc2)n(-c2cccc(Cl)c2C)c1=S)C1CCCCC1. The minimum absolute atomic E-state index is 0.688. The van der Waals surface area contributed by atoms with Gasteiger partial charge in [0.1, 0.15) is 0 Å². The number of nitrogens with zero attached hydrogens (tertiary/aromatic N) is 4. The average Bonchev–Trinajstić information content (AvgIpc) is 3.11. The fourth-order valence-electron chi connectivity index (χ4n) is 4.49. The zero-order chi connectivity index (χ0) is 21.1. The van der Waals surface area contributed by atoms with Gasteiger partial charge < -0.3 is 4.90 Å². The molecule has 1 N–H and O–H groups in total. The van der Waals surface area contributed by atoms with Crippen LogP contribution in [0, 0.1) is 11.7 Å². The molecule has 4 rings (SSSR count). The summed E-state index contributed by atoms with van der Waals surface area (Å²) in [5.41, 5.74) is 2.96. The molecule has 0 saturated heterocycles. The van der Waals surface area contributed by atoms with Gasteiger partial charge in [-0.05, 0) is 81.6 Å². The molecule has 0 spiro atoms. The number of hydrogen-bond acceptors (Lipinski definition) is 3. The van der Waals surface area contributed by atoms with E-state index in [1.165, 1.54) is 32.1 Å². The van der Waals surface area contributed by atoms with Gasteiger partial charge in [0.2, 0.25) is 4.77 Å². The Kier molecular flexibility index (Phi) is 6.66. The molecule has 158 valence electrons. The Balaban J connectivity index is 1.80. The number of halogens is 1. The maximum absolute atomic E-state index is 6.44. The number of quaternary nitrogens is 1. The van der Waals surface area contributed by atoms with Crippen molar-refractivity contribution in [2.75, 3.05) is 6.54 Å². The van der Waals surface area contributed by atoms with Gasteiger partial charge in [-0.3, -0.25) is 9.55 Å². The lowest BCUT2D eigenvalue weighted by atomic mass is 9.94. The molecule has 7 heteroatoms. The molecular weight excluding hydrogens is 414 g/mol. The summed E-state index contributed by atoms with van der Waals surface area (Å²) in [6.45, 7) is 6.14. The summed E-state index contributed by atoms with van der Waals surface area (Å²) in [7, 11) is 0. The van der Waals surface area contributed by atoms with Gasteiger partial charge in [0, 0.05) is 23.0 Å². The topological polar surface area (TPSA) is 40.1 Å². The maximum Gasteiger partial charge on any atom is 0.207 e. The van der Waals surface area contributed by atoms with Crippen LogP contribution in [-0.4, -0.2) is 31.9 Å². The third kappa shape index (κ3) is 4.22. The van der Waals surface area contributed by atoms with E-state index in [0.29, 0.717) is 10.8 Å². The second kappa shape index (κ2) is 9.41. The zero-order valence-electron chi connectivity index (χ0n) is 17.6. The van der Waals surface area contributed by atoms with E-state index in [9.17, 15) is 0 Å². The lowest BCUT2D eigenvalue weighted by Crippen LogP contribution is -3.15. The van der Waals surface area contributed by atoms with E-state index < -0.39 is 0 Å². The van der Waals surface area contributed by atoms with Crippen molar-refractivity contribution in [3.63, 3.8) is 0 Å². The van der Waals surface area contributed by atoms with E-state index >= 15 is 0 Å². The first kappa shape index (κ1) is 21.2. The summed E-state index contributed by atoms with van der Waals surface area (Å²) < 4.78 is 4.76. The van der Waals surface area contributed by atoms with Crippen molar-refractivity contribution in [2.24, 2.45) is 0 Å². The maximum atomic E-state index is 6.44. The minimum atomic E-state index is 0.688. The first-order valence-corrected chi connectivity index (χ1v) is 11.6. The molecule has 2 heterocycles. The highest BCUT2D eigenvalue weighted by Crippen LogP contribution is 2.27. The summed E-state index contributed by atoms with van der Waals surface area (Å²) in [6.07, 6.45) is 10.2. The molecule has 1 unspecified atom stereocenters. The van der Waals surface area contributed by atoms with Crippen molar-refractivity contribution >= 4 is 23.8 Å². The van der Waals surface area contributed by atoms with Crippen LogP contribution in [0.25, 0.3) is 17.1 Å². The number of pyridine rings is 1. The molecular formula is C23H29ClN5S+. The Morgan fingerprint density at radius 1 is 1.13 bits per heavy atom. The quantitative estimate of drug-likeness (QED) is 0.566. The number of aromatic nitrogens is 4. The molecule has 0 bridgehead atoms. The Hall–Kier alpha value is -2.02. The highest BCUT2D eigenvalue weighted by molar-refractivity contribution is 7.71. The van der Waals surface area contributed by atoms with Crippen LogP contribution in [0.1, 0.15) is 44.6 Å². The van der Waals surface area contributed by atoms with Crippen LogP contribution >= 0.6 is 23.8 Å². The van der Waals surface area contributed by atoms with Crippen LogP contribution in [0.15, 0.2) is 42.7 Å². The second-order valence-electron chi connectivity index (χ2n) is 8.07. The Labute approximate surface area is 188 Å². The Bertz CT molecular complexity index is 1050. The first-order valence-electron chi connectivity index (χ1n) is 10.8. The van der Waals surface area contributed by atoms with Crippen LogP contribution in [0.2, 0.25) is 5.02 Å². The predicted octanol–water partition coefficient (Wildman–Crippen LogP) is 4.62. The molecule has 1 fully saturated rings. The molecule has 1 aliphatic rings. The molecule has 1 atom stereocenters. The van der Waals surface area contributed by atoms with Crippen LogP contribution in [-0.2, 0) is 6.67 Å². The molecule has 0 radical (unpaired) electrons. The fraction of sp³-hybridized carbons (Fsp3) is 0.435. The second-order valence-corrected chi connectivity index (χ2v) is 8.84. The molecule has 2 aromatic heterocycles. The van der Waals surface area contributed by atoms with Crippen molar-refractivity contribution in [1.82, 2.24) is 19.3 Å². The molecule has 3 aromatic rings. The van der Waals surface area contributed by atoms with Gasteiger partial charge in [-0.2, -0.15) is 4.68 Å². The summed E-state index contributed by atoms with van der Waals surface area (Å²) in [5, 5.41) is 5.72. The molecule has 1 aliphatic carbocycles. The van der Waals surface area contributed by atoms with Crippen LogP contribution in [0.4, 0.5) is 0 Å². The smallest absolute Gasteiger partial charge is 0.207 e. The zero-order valence-corrected chi connectivity index (χ0v) is 19.2. The van der Waals surface area contributed by atoms with Gasteiger partial charge in [-0.25, -0.2) is 0 Å². The highest BCUT2D eigenvalue weighted by atomic mass is 35.5. The normalized spacial score (nSPS) is 16.0.